The van der Waals surface area contributed by atoms with Gasteiger partial charge in [-0.25, -0.2) is 4.39 Å². The molecule has 0 spiro atoms. The van der Waals surface area contributed by atoms with Crippen molar-refractivity contribution >= 4 is 0 Å². The van der Waals surface area contributed by atoms with Crippen LogP contribution in [0.4, 0.5) is 4.39 Å². The van der Waals surface area contributed by atoms with E-state index in [0.717, 1.165) is 25.2 Å². The molecular weight excluding hydrogens is 255 g/mol. The molecule has 0 aromatic heterocycles. The lowest BCUT2D eigenvalue weighted by Gasteiger charge is -2.25. The molecule has 0 amide bonds. The number of nitrogens with one attached hydrogen (secondary N) is 1. The topological polar surface area (TPSA) is 35.5 Å². The van der Waals surface area contributed by atoms with Crippen LogP contribution >= 0.6 is 0 Å². The number of benzene rings is 1. The van der Waals surface area contributed by atoms with E-state index in [4.69, 9.17) is 0 Å². The first-order valence-electron chi connectivity index (χ1n) is 7.50. The Labute approximate surface area is 120 Å². The summed E-state index contributed by atoms with van der Waals surface area (Å²) in [6.07, 6.45) is 5.30. The molecule has 1 unspecified atom stereocenters. The molecule has 112 valence electrons. The number of phenolic OH excluding ortho intramolecular Hbond substituents is 1. The van der Waals surface area contributed by atoms with E-state index in [-0.39, 0.29) is 17.6 Å². The predicted octanol–water partition coefficient (Wildman–Crippen LogP) is 3.06. The normalized spacial score (nSPS) is 17.8. The zero-order chi connectivity index (χ0) is 14.5. The Balaban J connectivity index is 1.78. The first-order valence-corrected chi connectivity index (χ1v) is 7.50. The second-order valence-electron chi connectivity index (χ2n) is 5.80. The van der Waals surface area contributed by atoms with Crippen LogP contribution in [0.2, 0.25) is 0 Å². The van der Waals surface area contributed by atoms with Gasteiger partial charge in [0.1, 0.15) is 11.6 Å². The Hall–Kier alpha value is -1.13. The van der Waals surface area contributed by atoms with Crippen LogP contribution in [0.25, 0.3) is 0 Å². The van der Waals surface area contributed by atoms with Gasteiger partial charge in [0.15, 0.2) is 0 Å². The Bertz CT molecular complexity index is 432. The summed E-state index contributed by atoms with van der Waals surface area (Å²) < 4.78 is 13.7. The van der Waals surface area contributed by atoms with E-state index in [1.54, 1.807) is 6.07 Å². The zero-order valence-corrected chi connectivity index (χ0v) is 12.4. The van der Waals surface area contributed by atoms with Crippen molar-refractivity contribution in [1.82, 2.24) is 10.2 Å². The molecule has 0 aliphatic heterocycles. The van der Waals surface area contributed by atoms with Crippen LogP contribution in [0.3, 0.4) is 0 Å². The van der Waals surface area contributed by atoms with Crippen LogP contribution < -0.4 is 5.32 Å². The van der Waals surface area contributed by atoms with E-state index in [2.05, 4.69) is 17.3 Å². The predicted molar refractivity (Wildman–Crippen MR) is 79.4 cm³/mol. The molecule has 0 heterocycles. The molecular formula is C16H25FN2O. The molecule has 2 rings (SSSR count). The van der Waals surface area contributed by atoms with E-state index in [9.17, 15) is 9.50 Å². The molecule has 3 nitrogen and oxygen atoms in total. The molecule has 0 bridgehead atoms. The standard InChI is InChI=1S/C16H25FN2O/c1-12(15-8-7-14(20)11-16(15)17)18-9-10-19(2)13-5-3-4-6-13/h7-8,11-13,18,20H,3-6,9-10H2,1-2H3. The number of likely N-dealkylation sites (N-methyl/N-ethyl adjacent to an activating group) is 1. The minimum Gasteiger partial charge on any atom is -0.508 e. The summed E-state index contributed by atoms with van der Waals surface area (Å²) in [4.78, 5) is 2.40. The number of phenols is 1. The maximum atomic E-state index is 13.7. The molecule has 2 N–H and O–H groups in total. The molecule has 1 aromatic carbocycles. The van der Waals surface area contributed by atoms with Crippen LogP contribution in [0, 0.1) is 5.82 Å². The summed E-state index contributed by atoms with van der Waals surface area (Å²) in [5.74, 6) is -0.381. The molecule has 1 aliphatic rings. The average Bonchev–Trinajstić information content (AvgIpc) is 2.92. The van der Waals surface area contributed by atoms with Gasteiger partial charge in [0.05, 0.1) is 0 Å². The summed E-state index contributed by atoms with van der Waals surface area (Å²) in [7, 11) is 2.17. The van der Waals surface area contributed by atoms with Gasteiger partial charge in [0, 0.05) is 36.8 Å². The van der Waals surface area contributed by atoms with Crippen molar-refractivity contribution in [2.75, 3.05) is 20.1 Å². The van der Waals surface area contributed by atoms with Gasteiger partial charge in [0.2, 0.25) is 0 Å². The third kappa shape index (κ3) is 3.93. The Morgan fingerprint density at radius 3 is 2.75 bits per heavy atom. The van der Waals surface area contributed by atoms with Gasteiger partial charge in [-0.15, -0.1) is 0 Å². The van der Waals surface area contributed by atoms with E-state index in [0.29, 0.717) is 5.56 Å². The fraction of sp³-hybridized carbons (Fsp3) is 0.625. The van der Waals surface area contributed by atoms with Crippen molar-refractivity contribution in [2.24, 2.45) is 0 Å². The summed E-state index contributed by atoms with van der Waals surface area (Å²) in [6, 6.07) is 5.01. The average molecular weight is 280 g/mol. The highest BCUT2D eigenvalue weighted by Gasteiger charge is 2.19. The lowest BCUT2D eigenvalue weighted by atomic mass is 10.1. The number of halogens is 1. The third-order valence-corrected chi connectivity index (χ3v) is 4.31. The maximum absolute atomic E-state index is 13.7. The van der Waals surface area contributed by atoms with E-state index in [1.807, 2.05) is 6.92 Å². The van der Waals surface area contributed by atoms with Gasteiger partial charge >= 0.3 is 0 Å². The number of aromatic hydroxyl groups is 1. The quantitative estimate of drug-likeness (QED) is 0.840. The van der Waals surface area contributed by atoms with Crippen molar-refractivity contribution in [3.05, 3.63) is 29.6 Å². The summed E-state index contributed by atoms with van der Waals surface area (Å²) in [5.41, 5.74) is 0.603. The van der Waals surface area contributed by atoms with Gasteiger partial charge in [-0.05, 0) is 32.9 Å². The lowest BCUT2D eigenvalue weighted by molar-refractivity contribution is 0.242. The monoisotopic (exact) mass is 280 g/mol. The number of nitrogens with zero attached hydrogens (tertiary/aromatic N) is 1. The van der Waals surface area contributed by atoms with Gasteiger partial charge < -0.3 is 15.3 Å². The number of rotatable bonds is 6. The first-order chi connectivity index (χ1) is 9.58. The van der Waals surface area contributed by atoms with Crippen LogP contribution in [0.1, 0.15) is 44.2 Å². The molecule has 20 heavy (non-hydrogen) atoms. The first kappa shape index (κ1) is 15.3. The smallest absolute Gasteiger partial charge is 0.131 e. The highest BCUT2D eigenvalue weighted by Crippen LogP contribution is 2.23. The lowest BCUT2D eigenvalue weighted by Crippen LogP contribution is -2.36. The van der Waals surface area contributed by atoms with Crippen molar-refractivity contribution < 1.29 is 9.50 Å². The largest absolute Gasteiger partial charge is 0.508 e. The van der Waals surface area contributed by atoms with E-state index < -0.39 is 0 Å². The van der Waals surface area contributed by atoms with Crippen LogP contribution in [-0.2, 0) is 0 Å². The van der Waals surface area contributed by atoms with Gasteiger partial charge in [-0.2, -0.15) is 0 Å². The number of hydrogen-bond acceptors (Lipinski definition) is 3. The molecule has 0 saturated heterocycles. The zero-order valence-electron chi connectivity index (χ0n) is 12.4. The summed E-state index contributed by atoms with van der Waals surface area (Å²) in [5, 5.41) is 12.6. The van der Waals surface area contributed by atoms with Crippen LogP contribution in [0.15, 0.2) is 18.2 Å². The Morgan fingerprint density at radius 2 is 2.10 bits per heavy atom. The minimum atomic E-state index is -0.353. The second kappa shape index (κ2) is 7.04. The molecule has 4 heteroatoms. The molecule has 1 fully saturated rings. The van der Waals surface area contributed by atoms with Crippen LogP contribution in [-0.4, -0.2) is 36.2 Å². The van der Waals surface area contributed by atoms with Crippen molar-refractivity contribution in [3.8, 4) is 5.75 Å². The highest BCUT2D eigenvalue weighted by atomic mass is 19.1. The maximum Gasteiger partial charge on any atom is 0.131 e. The minimum absolute atomic E-state index is 0.0283. The van der Waals surface area contributed by atoms with Gasteiger partial charge in [-0.1, -0.05) is 18.9 Å². The van der Waals surface area contributed by atoms with Crippen LogP contribution in [0.5, 0.6) is 5.75 Å². The van der Waals surface area contributed by atoms with E-state index >= 15 is 0 Å². The van der Waals surface area contributed by atoms with Gasteiger partial charge in [-0.3, -0.25) is 0 Å². The molecule has 1 saturated carbocycles. The molecule has 0 radical (unpaired) electrons. The Kier molecular flexibility index (Phi) is 5.38. The number of hydrogen-bond donors (Lipinski definition) is 2. The third-order valence-electron chi connectivity index (χ3n) is 4.31. The molecule has 1 atom stereocenters. The highest BCUT2D eigenvalue weighted by molar-refractivity contribution is 5.29. The Morgan fingerprint density at radius 1 is 1.40 bits per heavy atom. The van der Waals surface area contributed by atoms with E-state index in [1.165, 1.54) is 31.7 Å². The fourth-order valence-corrected chi connectivity index (χ4v) is 2.96. The molecule has 1 aromatic rings. The molecule has 1 aliphatic carbocycles. The SMILES string of the molecule is CC(NCCN(C)C1CCCC1)c1ccc(O)cc1F. The van der Waals surface area contributed by atoms with Crippen molar-refractivity contribution in [1.29, 1.82) is 0 Å². The fourth-order valence-electron chi connectivity index (χ4n) is 2.96. The summed E-state index contributed by atoms with van der Waals surface area (Å²) in [6.45, 7) is 3.77. The van der Waals surface area contributed by atoms with Crippen molar-refractivity contribution in [2.45, 2.75) is 44.7 Å². The van der Waals surface area contributed by atoms with Gasteiger partial charge in [0.25, 0.3) is 0 Å². The summed E-state index contributed by atoms with van der Waals surface area (Å²) >= 11 is 0. The van der Waals surface area contributed by atoms with Crippen molar-refractivity contribution in [3.63, 3.8) is 0 Å². The second-order valence-corrected chi connectivity index (χ2v) is 5.80.